The molecule has 0 saturated heterocycles. The summed E-state index contributed by atoms with van der Waals surface area (Å²) in [5.41, 5.74) is 2.64. The molecule has 150 valence electrons. The summed E-state index contributed by atoms with van der Waals surface area (Å²) in [6.07, 6.45) is 0.539. The number of carboxylic acids is 1. The van der Waals surface area contributed by atoms with Crippen molar-refractivity contribution in [2.24, 2.45) is 5.92 Å². The first-order valence-corrected chi connectivity index (χ1v) is 9.38. The molecule has 0 bridgehead atoms. The number of benzene rings is 2. The van der Waals surface area contributed by atoms with Crippen molar-refractivity contribution in [2.75, 3.05) is 11.9 Å². The van der Waals surface area contributed by atoms with E-state index in [1.807, 2.05) is 63.2 Å². The van der Waals surface area contributed by atoms with Gasteiger partial charge in [0.25, 0.3) is 5.91 Å². The highest BCUT2D eigenvalue weighted by atomic mass is 16.5. The molecular weight excluding hydrogens is 356 g/mol. The van der Waals surface area contributed by atoms with E-state index in [0.717, 1.165) is 11.1 Å². The van der Waals surface area contributed by atoms with Crippen molar-refractivity contribution in [1.29, 1.82) is 0 Å². The summed E-state index contributed by atoms with van der Waals surface area (Å²) in [7, 11) is 0. The third-order valence-electron chi connectivity index (χ3n) is 4.21. The first-order valence-electron chi connectivity index (χ1n) is 9.38. The van der Waals surface area contributed by atoms with Crippen LogP contribution in [-0.2, 0) is 16.1 Å². The number of amides is 1. The lowest BCUT2D eigenvalue weighted by Gasteiger charge is -2.18. The van der Waals surface area contributed by atoms with Crippen LogP contribution < -0.4 is 15.4 Å². The number of aryl methyl sites for hydroxylation is 1. The minimum Gasteiger partial charge on any atom is -0.483 e. The van der Waals surface area contributed by atoms with Gasteiger partial charge in [0.2, 0.25) is 0 Å². The summed E-state index contributed by atoms with van der Waals surface area (Å²) in [6, 6.07) is 14.2. The van der Waals surface area contributed by atoms with Gasteiger partial charge in [-0.25, -0.2) is 0 Å². The Morgan fingerprint density at radius 3 is 2.39 bits per heavy atom. The fraction of sp³-hybridized carbons (Fsp3) is 0.364. The first kappa shape index (κ1) is 21.4. The van der Waals surface area contributed by atoms with Gasteiger partial charge in [-0.2, -0.15) is 0 Å². The Morgan fingerprint density at radius 2 is 1.75 bits per heavy atom. The van der Waals surface area contributed by atoms with E-state index in [0.29, 0.717) is 24.4 Å². The number of hydrogen-bond donors (Lipinski definition) is 3. The first-order chi connectivity index (χ1) is 13.3. The largest absolute Gasteiger partial charge is 0.483 e. The van der Waals surface area contributed by atoms with Gasteiger partial charge in [-0.15, -0.1) is 0 Å². The molecule has 0 spiro atoms. The summed E-state index contributed by atoms with van der Waals surface area (Å²) in [5, 5.41) is 15.2. The molecule has 0 radical (unpaired) electrons. The highest BCUT2D eigenvalue weighted by Gasteiger charge is 2.18. The number of nitrogens with one attached hydrogen (secondary N) is 2. The fourth-order valence-corrected chi connectivity index (χ4v) is 2.74. The molecule has 2 aromatic rings. The van der Waals surface area contributed by atoms with Gasteiger partial charge in [0, 0.05) is 17.8 Å². The highest BCUT2D eigenvalue weighted by molar-refractivity contribution is 5.91. The van der Waals surface area contributed by atoms with E-state index < -0.39 is 12.0 Å². The van der Waals surface area contributed by atoms with Crippen LogP contribution in [0.5, 0.6) is 5.75 Å². The molecule has 0 saturated carbocycles. The van der Waals surface area contributed by atoms with Crippen LogP contribution in [0.25, 0.3) is 0 Å². The van der Waals surface area contributed by atoms with Crippen molar-refractivity contribution in [2.45, 2.75) is 39.8 Å². The molecule has 3 N–H and O–H groups in total. The smallest absolute Gasteiger partial charge is 0.320 e. The Balaban J connectivity index is 1.92. The Hall–Kier alpha value is -2.86. The lowest BCUT2D eigenvalue weighted by molar-refractivity contribution is -0.140. The molecule has 1 unspecified atom stereocenters. The number of para-hydroxylation sites is 1. The Morgan fingerprint density at radius 1 is 1.07 bits per heavy atom. The van der Waals surface area contributed by atoms with Gasteiger partial charge in [-0.05, 0) is 37.5 Å². The van der Waals surface area contributed by atoms with E-state index in [1.54, 1.807) is 6.07 Å². The maximum Gasteiger partial charge on any atom is 0.320 e. The molecule has 2 rings (SSSR count). The maximum atomic E-state index is 12.1. The van der Waals surface area contributed by atoms with Crippen LogP contribution in [0, 0.1) is 12.8 Å². The zero-order valence-electron chi connectivity index (χ0n) is 16.6. The number of aliphatic carboxylic acids is 1. The van der Waals surface area contributed by atoms with E-state index in [2.05, 4.69) is 10.6 Å². The van der Waals surface area contributed by atoms with Crippen molar-refractivity contribution in [3.8, 4) is 5.75 Å². The number of carbonyl (C=O) groups excluding carboxylic acids is 1. The van der Waals surface area contributed by atoms with Crippen LogP contribution in [0.1, 0.15) is 31.4 Å². The van der Waals surface area contributed by atoms with Crippen LogP contribution in [0.3, 0.4) is 0 Å². The van der Waals surface area contributed by atoms with Gasteiger partial charge < -0.3 is 20.5 Å². The quantitative estimate of drug-likeness (QED) is 0.583. The summed E-state index contributed by atoms with van der Waals surface area (Å²) >= 11 is 0. The number of carbonyl (C=O) groups is 2. The zero-order valence-corrected chi connectivity index (χ0v) is 16.6. The number of carboxylic acid groups (broad SMARTS) is 1. The molecule has 0 heterocycles. The molecule has 0 aliphatic carbocycles. The molecule has 0 aromatic heterocycles. The number of rotatable bonds is 10. The lowest BCUT2D eigenvalue weighted by atomic mass is 10.0. The van der Waals surface area contributed by atoms with Crippen molar-refractivity contribution in [3.63, 3.8) is 0 Å². The number of ether oxygens (including phenoxy) is 1. The Labute approximate surface area is 165 Å². The summed E-state index contributed by atoms with van der Waals surface area (Å²) in [5.74, 6) is -0.298. The predicted octanol–water partition coefficient (Wildman–Crippen LogP) is 3.60. The van der Waals surface area contributed by atoms with Gasteiger partial charge in [-0.1, -0.05) is 49.7 Å². The minimum atomic E-state index is -0.871. The molecule has 6 heteroatoms. The second-order valence-electron chi connectivity index (χ2n) is 7.21. The average molecular weight is 384 g/mol. The normalized spacial score (nSPS) is 11.9. The van der Waals surface area contributed by atoms with Crippen LogP contribution >= 0.6 is 0 Å². The molecule has 1 amide bonds. The SMILES string of the molecule is Cc1ccc(NC(=O)COc2ccccc2CNC(CC(C)C)C(=O)O)cc1. The summed E-state index contributed by atoms with van der Waals surface area (Å²) in [4.78, 5) is 23.5. The van der Waals surface area contributed by atoms with Gasteiger partial charge in [0.05, 0.1) is 0 Å². The molecule has 1 atom stereocenters. The van der Waals surface area contributed by atoms with E-state index in [4.69, 9.17) is 4.74 Å². The Kier molecular flexibility index (Phi) is 8.02. The maximum absolute atomic E-state index is 12.1. The highest BCUT2D eigenvalue weighted by Crippen LogP contribution is 2.19. The predicted molar refractivity (Wildman–Crippen MR) is 109 cm³/mol. The van der Waals surface area contributed by atoms with E-state index in [-0.39, 0.29) is 18.4 Å². The zero-order chi connectivity index (χ0) is 20.5. The monoisotopic (exact) mass is 384 g/mol. The van der Waals surface area contributed by atoms with Gasteiger partial charge >= 0.3 is 5.97 Å². The second kappa shape index (κ2) is 10.5. The lowest BCUT2D eigenvalue weighted by Crippen LogP contribution is -2.37. The average Bonchev–Trinajstić information content (AvgIpc) is 2.65. The molecular formula is C22H28N2O4. The molecule has 0 aliphatic rings. The van der Waals surface area contributed by atoms with Crippen molar-refractivity contribution >= 4 is 17.6 Å². The van der Waals surface area contributed by atoms with Crippen molar-refractivity contribution in [1.82, 2.24) is 5.32 Å². The molecule has 6 nitrogen and oxygen atoms in total. The summed E-state index contributed by atoms with van der Waals surface area (Å²) < 4.78 is 5.67. The van der Waals surface area contributed by atoms with Crippen LogP contribution in [-0.4, -0.2) is 29.6 Å². The standard InChI is InChI=1S/C22H28N2O4/c1-15(2)12-19(22(26)27)23-13-17-6-4-5-7-20(17)28-14-21(25)24-18-10-8-16(3)9-11-18/h4-11,15,19,23H,12-14H2,1-3H3,(H,24,25)(H,26,27). The van der Waals surface area contributed by atoms with E-state index in [1.165, 1.54) is 0 Å². The van der Waals surface area contributed by atoms with Crippen LogP contribution in [0.2, 0.25) is 0 Å². The molecule has 2 aromatic carbocycles. The summed E-state index contributed by atoms with van der Waals surface area (Å²) in [6.45, 7) is 6.18. The van der Waals surface area contributed by atoms with E-state index >= 15 is 0 Å². The van der Waals surface area contributed by atoms with Gasteiger partial charge in [0.1, 0.15) is 11.8 Å². The Bertz CT molecular complexity index is 787. The van der Waals surface area contributed by atoms with Crippen molar-refractivity contribution < 1.29 is 19.4 Å². The van der Waals surface area contributed by atoms with Crippen LogP contribution in [0.15, 0.2) is 48.5 Å². The topological polar surface area (TPSA) is 87.7 Å². The van der Waals surface area contributed by atoms with Gasteiger partial charge in [0.15, 0.2) is 6.61 Å². The molecule has 0 aliphatic heterocycles. The number of anilines is 1. The second-order valence-corrected chi connectivity index (χ2v) is 7.21. The number of hydrogen-bond acceptors (Lipinski definition) is 4. The van der Waals surface area contributed by atoms with Crippen molar-refractivity contribution in [3.05, 3.63) is 59.7 Å². The third-order valence-corrected chi connectivity index (χ3v) is 4.21. The minimum absolute atomic E-state index is 0.126. The molecule has 28 heavy (non-hydrogen) atoms. The van der Waals surface area contributed by atoms with Gasteiger partial charge in [-0.3, -0.25) is 9.59 Å². The van der Waals surface area contributed by atoms with Crippen LogP contribution in [0.4, 0.5) is 5.69 Å². The van der Waals surface area contributed by atoms with E-state index in [9.17, 15) is 14.7 Å². The molecule has 0 fully saturated rings. The fourth-order valence-electron chi connectivity index (χ4n) is 2.74. The third kappa shape index (κ3) is 7.04.